The van der Waals surface area contributed by atoms with Crippen LogP contribution in [0, 0.1) is 27.7 Å². The SMILES string of the molecule is Cc1ccc(S(=O)(=O)N(CC(=O)N(Cc2cccc(C)c2)C(C)C(=O)NC2CCCC2)c2cc(C)ccc2C)cc1. The summed E-state index contributed by atoms with van der Waals surface area (Å²) < 4.78 is 29.3. The average molecular weight is 576 g/mol. The second-order valence-electron chi connectivity index (χ2n) is 11.3. The number of carbonyl (C=O) groups is 2. The molecule has 4 rings (SSSR count). The van der Waals surface area contributed by atoms with E-state index >= 15 is 0 Å². The van der Waals surface area contributed by atoms with Crippen LogP contribution in [-0.4, -0.2) is 43.8 Å². The third-order valence-electron chi connectivity index (χ3n) is 7.83. The van der Waals surface area contributed by atoms with Gasteiger partial charge in [-0.1, -0.05) is 72.5 Å². The number of hydrogen-bond acceptors (Lipinski definition) is 4. The first-order chi connectivity index (χ1) is 19.5. The van der Waals surface area contributed by atoms with Gasteiger partial charge >= 0.3 is 0 Å². The molecule has 1 aliphatic rings. The van der Waals surface area contributed by atoms with E-state index in [1.54, 1.807) is 37.3 Å². The van der Waals surface area contributed by atoms with Gasteiger partial charge in [-0.25, -0.2) is 8.42 Å². The third-order valence-corrected chi connectivity index (χ3v) is 9.60. The van der Waals surface area contributed by atoms with Gasteiger partial charge in [-0.3, -0.25) is 13.9 Å². The van der Waals surface area contributed by atoms with E-state index in [9.17, 15) is 18.0 Å². The number of rotatable bonds is 10. The van der Waals surface area contributed by atoms with E-state index in [2.05, 4.69) is 5.32 Å². The first-order valence-electron chi connectivity index (χ1n) is 14.3. The minimum absolute atomic E-state index is 0.106. The van der Waals surface area contributed by atoms with Crippen molar-refractivity contribution in [1.29, 1.82) is 0 Å². The summed E-state index contributed by atoms with van der Waals surface area (Å²) in [6.45, 7) is 9.05. The summed E-state index contributed by atoms with van der Waals surface area (Å²) in [7, 11) is -4.10. The topological polar surface area (TPSA) is 86.8 Å². The highest BCUT2D eigenvalue weighted by Crippen LogP contribution is 2.29. The number of nitrogens with zero attached hydrogens (tertiary/aromatic N) is 2. The van der Waals surface area contributed by atoms with Crippen LogP contribution in [-0.2, 0) is 26.2 Å². The molecule has 41 heavy (non-hydrogen) atoms. The number of sulfonamides is 1. The Morgan fingerprint density at radius 2 is 1.51 bits per heavy atom. The lowest BCUT2D eigenvalue weighted by Crippen LogP contribution is -2.52. The highest BCUT2D eigenvalue weighted by atomic mass is 32.2. The van der Waals surface area contributed by atoms with Crippen LogP contribution in [0.15, 0.2) is 71.6 Å². The van der Waals surface area contributed by atoms with Crippen molar-refractivity contribution in [3.05, 3.63) is 94.5 Å². The van der Waals surface area contributed by atoms with E-state index < -0.39 is 28.5 Å². The van der Waals surface area contributed by atoms with E-state index in [-0.39, 0.29) is 23.4 Å². The summed E-state index contributed by atoms with van der Waals surface area (Å²) in [6, 6.07) is 19.3. The van der Waals surface area contributed by atoms with Gasteiger partial charge in [0.2, 0.25) is 11.8 Å². The van der Waals surface area contributed by atoms with Gasteiger partial charge in [0.1, 0.15) is 12.6 Å². The molecule has 1 N–H and O–H groups in total. The molecule has 1 fully saturated rings. The summed E-state index contributed by atoms with van der Waals surface area (Å²) in [4.78, 5) is 29.1. The van der Waals surface area contributed by atoms with E-state index in [0.29, 0.717) is 5.69 Å². The molecule has 7 nitrogen and oxygen atoms in total. The van der Waals surface area contributed by atoms with Crippen molar-refractivity contribution < 1.29 is 18.0 Å². The predicted octanol–water partition coefficient (Wildman–Crippen LogP) is 5.59. The zero-order valence-corrected chi connectivity index (χ0v) is 25.5. The normalized spacial score (nSPS) is 14.5. The fourth-order valence-electron chi connectivity index (χ4n) is 5.32. The van der Waals surface area contributed by atoms with Gasteiger partial charge in [0.15, 0.2) is 0 Å². The molecule has 3 aromatic rings. The number of hydrogen-bond donors (Lipinski definition) is 1. The lowest BCUT2D eigenvalue weighted by atomic mass is 10.1. The van der Waals surface area contributed by atoms with Crippen LogP contribution in [0.1, 0.15) is 60.4 Å². The molecule has 1 aliphatic carbocycles. The maximum absolute atomic E-state index is 14.2. The Balaban J connectivity index is 1.72. The first-order valence-corrected chi connectivity index (χ1v) is 15.7. The Morgan fingerprint density at radius 3 is 2.17 bits per heavy atom. The van der Waals surface area contributed by atoms with Crippen LogP contribution in [0.4, 0.5) is 5.69 Å². The number of aryl methyl sites for hydroxylation is 4. The smallest absolute Gasteiger partial charge is 0.264 e. The van der Waals surface area contributed by atoms with Gasteiger partial charge in [-0.2, -0.15) is 0 Å². The van der Waals surface area contributed by atoms with E-state index in [1.807, 2.05) is 64.1 Å². The van der Waals surface area contributed by atoms with E-state index in [4.69, 9.17) is 0 Å². The second-order valence-corrected chi connectivity index (χ2v) is 13.2. The maximum Gasteiger partial charge on any atom is 0.264 e. The van der Waals surface area contributed by atoms with E-state index in [0.717, 1.165) is 53.5 Å². The van der Waals surface area contributed by atoms with Crippen LogP contribution in [0.3, 0.4) is 0 Å². The molecule has 0 aliphatic heterocycles. The second kappa shape index (κ2) is 12.9. The summed E-state index contributed by atoms with van der Waals surface area (Å²) in [5.41, 5.74) is 4.90. The molecule has 8 heteroatoms. The molecule has 2 amide bonds. The van der Waals surface area contributed by atoms with Gasteiger partial charge < -0.3 is 10.2 Å². The molecule has 1 unspecified atom stereocenters. The summed E-state index contributed by atoms with van der Waals surface area (Å²) >= 11 is 0. The fraction of sp³-hybridized carbons (Fsp3) is 0.394. The molecular weight excluding hydrogens is 534 g/mol. The summed E-state index contributed by atoms with van der Waals surface area (Å²) in [5.74, 6) is -0.672. The van der Waals surface area contributed by atoms with Crippen LogP contribution in [0.2, 0.25) is 0 Å². The maximum atomic E-state index is 14.2. The molecule has 0 spiro atoms. The van der Waals surface area contributed by atoms with Crippen molar-refractivity contribution in [2.75, 3.05) is 10.8 Å². The Kier molecular flexibility index (Phi) is 9.53. The third kappa shape index (κ3) is 7.36. The average Bonchev–Trinajstić information content (AvgIpc) is 3.44. The largest absolute Gasteiger partial charge is 0.352 e. The minimum Gasteiger partial charge on any atom is -0.352 e. The zero-order valence-electron chi connectivity index (χ0n) is 24.7. The highest BCUT2D eigenvalue weighted by Gasteiger charge is 2.34. The van der Waals surface area contributed by atoms with Gasteiger partial charge in [-0.15, -0.1) is 0 Å². The van der Waals surface area contributed by atoms with Gasteiger partial charge in [0.05, 0.1) is 10.6 Å². The highest BCUT2D eigenvalue weighted by molar-refractivity contribution is 7.92. The Hall–Kier alpha value is -3.65. The standard InChI is InChI=1S/C33H41N3O4S/c1-23-14-17-30(18-15-23)41(39,40)36(31-20-25(3)13-16-26(31)4)22-32(37)35(21-28-10-8-9-24(2)19-28)27(5)33(38)34-29-11-6-7-12-29/h8-10,13-20,27,29H,6-7,11-12,21-22H2,1-5H3,(H,34,38). The molecule has 0 radical (unpaired) electrons. The molecule has 1 atom stereocenters. The van der Waals surface area contributed by atoms with Crippen molar-refractivity contribution >= 4 is 27.5 Å². The van der Waals surface area contributed by atoms with Crippen molar-refractivity contribution in [1.82, 2.24) is 10.2 Å². The zero-order chi connectivity index (χ0) is 29.7. The molecule has 0 aromatic heterocycles. The Bertz CT molecular complexity index is 1500. The lowest BCUT2D eigenvalue weighted by Gasteiger charge is -2.33. The first kappa shape index (κ1) is 30.3. The van der Waals surface area contributed by atoms with Crippen LogP contribution in [0.5, 0.6) is 0 Å². The van der Waals surface area contributed by atoms with Crippen molar-refractivity contribution in [2.24, 2.45) is 0 Å². The molecular formula is C33H41N3O4S. The minimum atomic E-state index is -4.10. The number of anilines is 1. The Labute approximate surface area is 244 Å². The Morgan fingerprint density at radius 1 is 0.878 bits per heavy atom. The van der Waals surface area contributed by atoms with Crippen LogP contribution in [0.25, 0.3) is 0 Å². The van der Waals surface area contributed by atoms with Crippen molar-refractivity contribution in [3.8, 4) is 0 Å². The predicted molar refractivity (Wildman–Crippen MR) is 163 cm³/mol. The van der Waals surface area contributed by atoms with Gasteiger partial charge in [0.25, 0.3) is 10.0 Å². The fourth-order valence-corrected chi connectivity index (χ4v) is 6.79. The molecule has 218 valence electrons. The number of carbonyl (C=O) groups excluding carboxylic acids is 2. The lowest BCUT2D eigenvalue weighted by molar-refractivity contribution is -0.139. The van der Waals surface area contributed by atoms with Crippen molar-refractivity contribution in [3.63, 3.8) is 0 Å². The van der Waals surface area contributed by atoms with Gasteiger partial charge in [0, 0.05) is 12.6 Å². The number of nitrogens with one attached hydrogen (secondary N) is 1. The van der Waals surface area contributed by atoms with Crippen LogP contribution < -0.4 is 9.62 Å². The molecule has 3 aromatic carbocycles. The van der Waals surface area contributed by atoms with Gasteiger partial charge in [-0.05, 0) is 82.3 Å². The number of benzene rings is 3. The van der Waals surface area contributed by atoms with E-state index in [1.165, 1.54) is 9.21 Å². The quantitative estimate of drug-likeness (QED) is 0.341. The molecule has 0 bridgehead atoms. The number of amides is 2. The summed E-state index contributed by atoms with van der Waals surface area (Å²) in [6.07, 6.45) is 4.01. The van der Waals surface area contributed by atoms with Crippen LogP contribution >= 0.6 is 0 Å². The molecule has 0 heterocycles. The molecule has 0 saturated heterocycles. The van der Waals surface area contributed by atoms with Crippen molar-refractivity contribution in [2.45, 2.75) is 83.8 Å². The molecule has 1 saturated carbocycles. The monoisotopic (exact) mass is 575 g/mol. The summed E-state index contributed by atoms with van der Waals surface area (Å²) in [5, 5.41) is 3.11.